The molecule has 126 valence electrons. The normalized spacial score (nSPS) is 15.2. The average Bonchev–Trinajstić information content (AvgIpc) is 2.57. The third-order valence-electron chi connectivity index (χ3n) is 3.73. The number of nitrogens with zero attached hydrogens (tertiary/aromatic N) is 3. The van der Waals surface area contributed by atoms with E-state index < -0.39 is 4.92 Å². The third kappa shape index (κ3) is 4.28. The molecule has 8 heteroatoms. The van der Waals surface area contributed by atoms with Crippen molar-refractivity contribution >= 4 is 33.1 Å². The lowest BCUT2D eigenvalue weighted by molar-refractivity contribution is -0.384. The predicted molar refractivity (Wildman–Crippen MR) is 94.4 cm³/mol. The van der Waals surface area contributed by atoms with Crippen LogP contribution in [0.2, 0.25) is 0 Å². The summed E-state index contributed by atoms with van der Waals surface area (Å²) in [5, 5.41) is 14.2. The number of nitrogens with one attached hydrogen (secondary N) is 1. The number of aromatic nitrogens is 1. The lowest BCUT2D eigenvalue weighted by Gasteiger charge is -2.26. The van der Waals surface area contributed by atoms with Crippen molar-refractivity contribution in [1.29, 1.82) is 0 Å². The quantitative estimate of drug-likeness (QED) is 0.620. The van der Waals surface area contributed by atoms with E-state index in [1.807, 2.05) is 24.3 Å². The Labute approximate surface area is 147 Å². The fourth-order valence-electron chi connectivity index (χ4n) is 2.57. The van der Waals surface area contributed by atoms with E-state index in [0.717, 1.165) is 44.1 Å². The van der Waals surface area contributed by atoms with Crippen molar-refractivity contribution in [3.05, 3.63) is 56.7 Å². The Balaban J connectivity index is 1.76. The highest BCUT2D eigenvalue weighted by Crippen LogP contribution is 2.28. The van der Waals surface area contributed by atoms with Gasteiger partial charge in [0.2, 0.25) is 5.82 Å². The van der Waals surface area contributed by atoms with Crippen LogP contribution in [-0.4, -0.2) is 41.1 Å². The highest BCUT2D eigenvalue weighted by molar-refractivity contribution is 9.10. The van der Waals surface area contributed by atoms with Gasteiger partial charge in [-0.15, -0.1) is 0 Å². The van der Waals surface area contributed by atoms with E-state index >= 15 is 0 Å². The lowest BCUT2D eigenvalue weighted by atomic mass is 10.2. The van der Waals surface area contributed by atoms with Gasteiger partial charge in [-0.3, -0.25) is 15.0 Å². The number of hydrogen-bond acceptors (Lipinski definition) is 6. The van der Waals surface area contributed by atoms with Crippen LogP contribution in [0.5, 0.6) is 0 Å². The molecule has 3 rings (SSSR count). The molecule has 0 aliphatic carbocycles. The zero-order valence-electron chi connectivity index (χ0n) is 12.9. The minimum absolute atomic E-state index is 0.0667. The summed E-state index contributed by atoms with van der Waals surface area (Å²) in [6.45, 7) is 4.17. The van der Waals surface area contributed by atoms with Crippen LogP contribution in [0.4, 0.5) is 17.2 Å². The molecule has 1 N–H and O–H groups in total. The van der Waals surface area contributed by atoms with Crippen LogP contribution in [0.1, 0.15) is 5.56 Å². The Hall–Kier alpha value is -2.03. The van der Waals surface area contributed by atoms with E-state index in [1.54, 1.807) is 0 Å². The number of anilines is 2. The van der Waals surface area contributed by atoms with Crippen LogP contribution in [0.3, 0.4) is 0 Å². The van der Waals surface area contributed by atoms with E-state index in [1.165, 1.54) is 12.3 Å². The van der Waals surface area contributed by atoms with Crippen LogP contribution >= 0.6 is 15.9 Å². The molecule has 1 aromatic carbocycles. The lowest BCUT2D eigenvalue weighted by Crippen LogP contribution is -2.35. The van der Waals surface area contributed by atoms with Gasteiger partial charge in [0.25, 0.3) is 0 Å². The second-order valence-corrected chi connectivity index (χ2v) is 6.41. The number of halogens is 1. The van der Waals surface area contributed by atoms with Crippen LogP contribution in [0, 0.1) is 10.1 Å². The zero-order valence-corrected chi connectivity index (χ0v) is 14.5. The van der Waals surface area contributed by atoms with Crippen molar-refractivity contribution in [2.45, 2.75) is 6.54 Å². The standard InChI is InChI=1S/C16H17BrN4O3/c17-13-9-15(21(22)23)16(18-10-13)19-14-3-1-2-12(8-14)11-20-4-6-24-7-5-20/h1-3,8-10H,4-7,11H2,(H,18,19). The Kier molecular flexibility index (Phi) is 5.39. The molecule has 7 nitrogen and oxygen atoms in total. The summed E-state index contributed by atoms with van der Waals surface area (Å²) in [6, 6.07) is 9.28. The van der Waals surface area contributed by atoms with Crippen LogP contribution in [0.15, 0.2) is 41.0 Å². The van der Waals surface area contributed by atoms with Crippen molar-refractivity contribution < 1.29 is 9.66 Å². The van der Waals surface area contributed by atoms with Gasteiger partial charge in [0.15, 0.2) is 0 Å². The summed E-state index contributed by atoms with van der Waals surface area (Å²) in [6.07, 6.45) is 1.53. The number of pyridine rings is 1. The van der Waals surface area contributed by atoms with Crippen molar-refractivity contribution in [2.75, 3.05) is 31.6 Å². The SMILES string of the molecule is O=[N+]([O-])c1cc(Br)cnc1Nc1cccc(CN2CCOCC2)c1. The van der Waals surface area contributed by atoms with Crippen LogP contribution in [-0.2, 0) is 11.3 Å². The molecule has 1 fully saturated rings. The molecule has 1 saturated heterocycles. The molecule has 0 radical (unpaired) electrons. The molecule has 0 amide bonds. The molecule has 0 unspecified atom stereocenters. The average molecular weight is 393 g/mol. The number of rotatable bonds is 5. The molecule has 2 aromatic rings. The van der Waals surface area contributed by atoms with Crippen molar-refractivity contribution in [2.24, 2.45) is 0 Å². The molecular formula is C16H17BrN4O3. The molecule has 1 aliphatic rings. The molecule has 0 saturated carbocycles. The largest absolute Gasteiger partial charge is 0.379 e. The number of ether oxygens (including phenoxy) is 1. The molecular weight excluding hydrogens is 376 g/mol. The van der Waals surface area contributed by atoms with Gasteiger partial charge < -0.3 is 10.1 Å². The minimum Gasteiger partial charge on any atom is -0.379 e. The zero-order chi connectivity index (χ0) is 16.9. The van der Waals surface area contributed by atoms with Crippen molar-refractivity contribution in [3.63, 3.8) is 0 Å². The van der Waals surface area contributed by atoms with Gasteiger partial charge in [0, 0.05) is 42.1 Å². The predicted octanol–water partition coefficient (Wildman–Crippen LogP) is 3.33. The first kappa shape index (κ1) is 16.8. The maximum absolute atomic E-state index is 11.2. The molecule has 1 aliphatic heterocycles. The van der Waals surface area contributed by atoms with Crippen molar-refractivity contribution in [3.8, 4) is 0 Å². The van der Waals surface area contributed by atoms with Crippen LogP contribution in [0.25, 0.3) is 0 Å². The van der Waals surface area contributed by atoms with E-state index in [4.69, 9.17) is 4.74 Å². The maximum atomic E-state index is 11.2. The summed E-state index contributed by atoms with van der Waals surface area (Å²) in [5.41, 5.74) is 1.85. The highest BCUT2D eigenvalue weighted by atomic mass is 79.9. The van der Waals surface area contributed by atoms with Gasteiger partial charge in [-0.1, -0.05) is 12.1 Å². The second-order valence-electron chi connectivity index (χ2n) is 5.49. The van der Waals surface area contributed by atoms with E-state index in [-0.39, 0.29) is 11.5 Å². The molecule has 0 bridgehead atoms. The Bertz CT molecular complexity index is 735. The third-order valence-corrected chi connectivity index (χ3v) is 4.16. The summed E-state index contributed by atoms with van der Waals surface area (Å²) in [4.78, 5) is 17.2. The Morgan fingerprint density at radius 3 is 2.88 bits per heavy atom. The molecule has 0 spiro atoms. The maximum Gasteiger partial charge on any atom is 0.312 e. The number of benzene rings is 1. The fourth-order valence-corrected chi connectivity index (χ4v) is 2.88. The summed E-state index contributed by atoms with van der Waals surface area (Å²) >= 11 is 3.21. The first-order valence-corrected chi connectivity index (χ1v) is 8.37. The van der Waals surface area contributed by atoms with Gasteiger partial charge in [-0.05, 0) is 33.6 Å². The summed E-state index contributed by atoms with van der Waals surface area (Å²) < 4.78 is 5.93. The highest BCUT2D eigenvalue weighted by Gasteiger charge is 2.16. The minimum atomic E-state index is -0.447. The van der Waals surface area contributed by atoms with Gasteiger partial charge >= 0.3 is 5.69 Å². The summed E-state index contributed by atoms with van der Waals surface area (Å²) in [7, 11) is 0. The van der Waals surface area contributed by atoms with E-state index in [9.17, 15) is 10.1 Å². The summed E-state index contributed by atoms with van der Waals surface area (Å²) in [5.74, 6) is 0.228. The number of nitro groups is 1. The van der Waals surface area contributed by atoms with E-state index in [0.29, 0.717) is 4.47 Å². The fraction of sp³-hybridized carbons (Fsp3) is 0.312. The number of morpholine rings is 1. The topological polar surface area (TPSA) is 80.5 Å². The first-order valence-electron chi connectivity index (χ1n) is 7.58. The van der Waals surface area contributed by atoms with Gasteiger partial charge in [-0.25, -0.2) is 4.98 Å². The van der Waals surface area contributed by atoms with Gasteiger partial charge in [0.05, 0.1) is 18.1 Å². The van der Waals surface area contributed by atoms with Crippen LogP contribution < -0.4 is 5.32 Å². The number of hydrogen-bond donors (Lipinski definition) is 1. The second kappa shape index (κ2) is 7.69. The van der Waals surface area contributed by atoms with Gasteiger partial charge in [-0.2, -0.15) is 0 Å². The monoisotopic (exact) mass is 392 g/mol. The Morgan fingerprint density at radius 2 is 2.12 bits per heavy atom. The Morgan fingerprint density at radius 1 is 1.33 bits per heavy atom. The van der Waals surface area contributed by atoms with Crippen molar-refractivity contribution in [1.82, 2.24) is 9.88 Å². The van der Waals surface area contributed by atoms with Gasteiger partial charge in [0.1, 0.15) is 0 Å². The molecule has 0 atom stereocenters. The van der Waals surface area contributed by atoms with E-state index in [2.05, 4.69) is 31.1 Å². The molecule has 1 aromatic heterocycles. The molecule has 2 heterocycles. The molecule has 24 heavy (non-hydrogen) atoms. The first-order chi connectivity index (χ1) is 11.6. The smallest absolute Gasteiger partial charge is 0.312 e.